The lowest BCUT2D eigenvalue weighted by atomic mass is 9.90. The third-order valence-corrected chi connectivity index (χ3v) is 3.69. The Bertz CT molecular complexity index is 176. The average Bonchev–Trinajstić information content (AvgIpc) is 2.71. The molecule has 1 heterocycles. The fourth-order valence-electron chi connectivity index (χ4n) is 2.33. The molecule has 0 bridgehead atoms. The molecular formula is C12H26N2O. The largest absolute Gasteiger partial charge is 0.385 e. The molecule has 0 amide bonds. The SMILES string of the molecule is COCCCC(N)C(C)(C)N1CCCC1. The molecule has 0 saturated carbocycles. The van der Waals surface area contributed by atoms with Crippen LogP contribution in [0.15, 0.2) is 0 Å². The van der Waals surface area contributed by atoms with Crippen LogP contribution in [0.5, 0.6) is 0 Å². The van der Waals surface area contributed by atoms with Gasteiger partial charge in [-0.15, -0.1) is 0 Å². The van der Waals surface area contributed by atoms with Gasteiger partial charge in [0.05, 0.1) is 0 Å². The van der Waals surface area contributed by atoms with Crippen LogP contribution in [-0.2, 0) is 4.74 Å². The summed E-state index contributed by atoms with van der Waals surface area (Å²) in [5.41, 5.74) is 6.42. The van der Waals surface area contributed by atoms with Gasteiger partial charge >= 0.3 is 0 Å². The average molecular weight is 214 g/mol. The minimum Gasteiger partial charge on any atom is -0.385 e. The molecule has 0 aromatic rings. The van der Waals surface area contributed by atoms with Crippen LogP contribution in [0.3, 0.4) is 0 Å². The summed E-state index contributed by atoms with van der Waals surface area (Å²) in [5.74, 6) is 0. The molecule has 1 unspecified atom stereocenters. The molecule has 3 nitrogen and oxygen atoms in total. The minimum absolute atomic E-state index is 0.143. The van der Waals surface area contributed by atoms with E-state index >= 15 is 0 Å². The molecule has 1 atom stereocenters. The van der Waals surface area contributed by atoms with Crippen LogP contribution in [0, 0.1) is 0 Å². The quantitative estimate of drug-likeness (QED) is 0.683. The Balaban J connectivity index is 2.37. The van der Waals surface area contributed by atoms with Crippen molar-refractivity contribution in [3.8, 4) is 0 Å². The van der Waals surface area contributed by atoms with E-state index in [1.54, 1.807) is 7.11 Å². The fraction of sp³-hybridized carbons (Fsp3) is 1.00. The van der Waals surface area contributed by atoms with Gasteiger partial charge in [0.1, 0.15) is 0 Å². The van der Waals surface area contributed by atoms with Crippen molar-refractivity contribution >= 4 is 0 Å². The maximum atomic E-state index is 6.27. The molecule has 3 heteroatoms. The molecule has 1 aliphatic heterocycles. The van der Waals surface area contributed by atoms with Gasteiger partial charge in [-0.05, 0) is 52.6 Å². The summed E-state index contributed by atoms with van der Waals surface area (Å²) in [6, 6.07) is 0.255. The molecule has 0 aromatic heterocycles. The lowest BCUT2D eigenvalue weighted by Gasteiger charge is -2.40. The third kappa shape index (κ3) is 3.44. The van der Waals surface area contributed by atoms with Gasteiger partial charge in [-0.2, -0.15) is 0 Å². The van der Waals surface area contributed by atoms with Crippen molar-refractivity contribution in [3.63, 3.8) is 0 Å². The highest BCUT2D eigenvalue weighted by Gasteiger charge is 2.34. The van der Waals surface area contributed by atoms with Crippen molar-refractivity contribution in [2.45, 2.75) is 51.1 Å². The van der Waals surface area contributed by atoms with Crippen molar-refractivity contribution < 1.29 is 4.74 Å². The van der Waals surface area contributed by atoms with E-state index in [0.29, 0.717) is 0 Å². The second kappa shape index (κ2) is 5.83. The molecule has 90 valence electrons. The number of ether oxygens (including phenoxy) is 1. The number of hydrogen-bond donors (Lipinski definition) is 1. The van der Waals surface area contributed by atoms with Crippen molar-refractivity contribution in [2.24, 2.45) is 5.73 Å². The van der Waals surface area contributed by atoms with Crippen LogP contribution >= 0.6 is 0 Å². The minimum atomic E-state index is 0.143. The van der Waals surface area contributed by atoms with Crippen LogP contribution < -0.4 is 5.73 Å². The first-order valence-corrected chi connectivity index (χ1v) is 6.08. The number of nitrogens with zero attached hydrogens (tertiary/aromatic N) is 1. The van der Waals surface area contributed by atoms with Crippen LogP contribution in [0.1, 0.15) is 39.5 Å². The standard InChI is InChI=1S/C12H26N2O/c1-12(2,14-8-4-5-9-14)11(13)7-6-10-15-3/h11H,4-10,13H2,1-3H3. The molecule has 1 fully saturated rings. The van der Waals surface area contributed by atoms with E-state index in [2.05, 4.69) is 18.7 Å². The summed E-state index contributed by atoms with van der Waals surface area (Å²) in [5, 5.41) is 0. The number of methoxy groups -OCH3 is 1. The first kappa shape index (κ1) is 12.9. The normalized spacial score (nSPS) is 20.8. The van der Waals surface area contributed by atoms with E-state index in [0.717, 1.165) is 19.4 Å². The Kier molecular flexibility index (Phi) is 5.03. The first-order valence-electron chi connectivity index (χ1n) is 6.08. The Morgan fingerprint density at radius 3 is 2.47 bits per heavy atom. The van der Waals surface area contributed by atoms with Crippen LogP contribution in [0.25, 0.3) is 0 Å². The molecular weight excluding hydrogens is 188 g/mol. The summed E-state index contributed by atoms with van der Waals surface area (Å²) < 4.78 is 5.06. The molecule has 0 aromatic carbocycles. The highest BCUT2D eigenvalue weighted by molar-refractivity contribution is 4.93. The highest BCUT2D eigenvalue weighted by Crippen LogP contribution is 2.25. The van der Waals surface area contributed by atoms with Gasteiger partial charge in [0.15, 0.2) is 0 Å². The summed E-state index contributed by atoms with van der Waals surface area (Å²) in [6.45, 7) is 7.80. The summed E-state index contributed by atoms with van der Waals surface area (Å²) >= 11 is 0. The summed E-state index contributed by atoms with van der Waals surface area (Å²) in [4.78, 5) is 2.53. The van der Waals surface area contributed by atoms with Gasteiger partial charge in [0, 0.05) is 25.3 Å². The molecule has 15 heavy (non-hydrogen) atoms. The van der Waals surface area contributed by atoms with Gasteiger partial charge in [-0.25, -0.2) is 0 Å². The molecule has 2 N–H and O–H groups in total. The maximum absolute atomic E-state index is 6.27. The van der Waals surface area contributed by atoms with Gasteiger partial charge in [-0.1, -0.05) is 0 Å². The smallest absolute Gasteiger partial charge is 0.0462 e. The van der Waals surface area contributed by atoms with Gasteiger partial charge in [0.25, 0.3) is 0 Å². The van der Waals surface area contributed by atoms with Crippen molar-refractivity contribution in [3.05, 3.63) is 0 Å². The van der Waals surface area contributed by atoms with Crippen LogP contribution in [0.4, 0.5) is 0 Å². The van der Waals surface area contributed by atoms with E-state index in [1.807, 2.05) is 0 Å². The number of hydrogen-bond acceptors (Lipinski definition) is 3. The van der Waals surface area contributed by atoms with Crippen LogP contribution in [-0.4, -0.2) is 43.3 Å². The molecule has 0 aliphatic carbocycles. The molecule has 1 saturated heterocycles. The van der Waals surface area contributed by atoms with E-state index in [4.69, 9.17) is 10.5 Å². The zero-order chi connectivity index (χ0) is 11.3. The molecule has 1 aliphatic rings. The monoisotopic (exact) mass is 214 g/mol. The van der Waals surface area contributed by atoms with E-state index in [9.17, 15) is 0 Å². The zero-order valence-corrected chi connectivity index (χ0v) is 10.5. The third-order valence-electron chi connectivity index (χ3n) is 3.69. The van der Waals surface area contributed by atoms with E-state index in [1.165, 1.54) is 25.9 Å². The lowest BCUT2D eigenvalue weighted by Crippen LogP contribution is -2.55. The van der Waals surface area contributed by atoms with Gasteiger partial charge in [0.2, 0.25) is 0 Å². The molecule has 1 rings (SSSR count). The summed E-state index contributed by atoms with van der Waals surface area (Å²) in [6.07, 6.45) is 4.77. The van der Waals surface area contributed by atoms with E-state index in [-0.39, 0.29) is 11.6 Å². The van der Waals surface area contributed by atoms with Gasteiger partial charge in [-0.3, -0.25) is 4.90 Å². The van der Waals surface area contributed by atoms with E-state index < -0.39 is 0 Å². The Morgan fingerprint density at radius 1 is 1.33 bits per heavy atom. The predicted molar refractivity (Wildman–Crippen MR) is 64.0 cm³/mol. The van der Waals surface area contributed by atoms with Crippen LogP contribution in [0.2, 0.25) is 0 Å². The topological polar surface area (TPSA) is 38.5 Å². The lowest BCUT2D eigenvalue weighted by molar-refractivity contribution is 0.112. The Morgan fingerprint density at radius 2 is 1.93 bits per heavy atom. The predicted octanol–water partition coefficient (Wildman–Crippen LogP) is 1.61. The number of nitrogens with two attached hydrogens (primary N) is 1. The maximum Gasteiger partial charge on any atom is 0.0462 e. The van der Waals surface area contributed by atoms with Crippen molar-refractivity contribution in [2.75, 3.05) is 26.8 Å². The Labute approximate surface area is 94.0 Å². The molecule has 0 radical (unpaired) electrons. The van der Waals surface area contributed by atoms with Crippen molar-refractivity contribution in [1.82, 2.24) is 4.90 Å². The Hall–Kier alpha value is -0.120. The number of rotatable bonds is 6. The highest BCUT2D eigenvalue weighted by atomic mass is 16.5. The first-order chi connectivity index (χ1) is 7.09. The summed E-state index contributed by atoms with van der Waals surface area (Å²) in [7, 11) is 1.75. The van der Waals surface area contributed by atoms with Crippen molar-refractivity contribution in [1.29, 1.82) is 0 Å². The second-order valence-corrected chi connectivity index (χ2v) is 5.09. The number of likely N-dealkylation sites (tertiary alicyclic amines) is 1. The zero-order valence-electron chi connectivity index (χ0n) is 10.5. The second-order valence-electron chi connectivity index (χ2n) is 5.09. The molecule has 0 spiro atoms. The fourth-order valence-corrected chi connectivity index (χ4v) is 2.33. The van der Waals surface area contributed by atoms with Gasteiger partial charge < -0.3 is 10.5 Å².